The number of ether oxygens (including phenoxy) is 1. The number of nitrogens with two attached hydrogens (primary N) is 1. The number of benzene rings is 1. The molecule has 2 fully saturated rings. The van der Waals surface area contributed by atoms with Crippen molar-refractivity contribution in [3.63, 3.8) is 0 Å². The van der Waals surface area contributed by atoms with Gasteiger partial charge in [0, 0.05) is 12.3 Å². The lowest BCUT2D eigenvalue weighted by atomic mass is 9.92. The highest BCUT2D eigenvalue weighted by molar-refractivity contribution is 7.92. The van der Waals surface area contributed by atoms with E-state index in [4.69, 9.17) is 10.5 Å². The largest absolute Gasteiger partial charge is 0.399 e. The van der Waals surface area contributed by atoms with Gasteiger partial charge in [0.05, 0.1) is 15.7 Å². The van der Waals surface area contributed by atoms with Gasteiger partial charge >= 0.3 is 0 Å². The molecule has 6 heteroatoms. The van der Waals surface area contributed by atoms with E-state index in [1.165, 1.54) is 6.07 Å². The van der Waals surface area contributed by atoms with Crippen LogP contribution >= 0.6 is 0 Å². The van der Waals surface area contributed by atoms with E-state index in [-0.39, 0.29) is 16.2 Å². The molecule has 0 bridgehead atoms. The molecular weight excluding hydrogens is 293 g/mol. The monoisotopic (exact) mass is 313 g/mol. The summed E-state index contributed by atoms with van der Waals surface area (Å²) < 4.78 is 44.8. The van der Waals surface area contributed by atoms with Crippen LogP contribution in [0.3, 0.4) is 0 Å². The van der Waals surface area contributed by atoms with Crippen LogP contribution in [0.2, 0.25) is 0 Å². The second kappa shape index (κ2) is 5.25. The van der Waals surface area contributed by atoms with E-state index in [0.717, 1.165) is 37.8 Å². The van der Waals surface area contributed by atoms with Gasteiger partial charge in [-0.25, -0.2) is 12.8 Å². The van der Waals surface area contributed by atoms with Crippen LogP contribution < -0.4 is 5.73 Å². The van der Waals surface area contributed by atoms with Crippen molar-refractivity contribution in [3.8, 4) is 0 Å². The molecule has 116 valence electrons. The van der Waals surface area contributed by atoms with Crippen LogP contribution in [0.5, 0.6) is 0 Å². The number of nitrogen functional groups attached to an aromatic ring is 1. The Morgan fingerprint density at radius 1 is 1.24 bits per heavy atom. The van der Waals surface area contributed by atoms with Crippen LogP contribution in [0.4, 0.5) is 10.1 Å². The Hall–Kier alpha value is -1.14. The molecule has 2 N–H and O–H groups in total. The SMILES string of the molecule is Nc1cc(F)cc(S(=O)(=O)C2CCOC3(CCCC3)C2)c1. The minimum atomic E-state index is -3.57. The Labute approximate surface area is 124 Å². The predicted octanol–water partition coefficient (Wildman–Crippen LogP) is 2.67. The van der Waals surface area contributed by atoms with Crippen LogP contribution in [0.1, 0.15) is 38.5 Å². The van der Waals surface area contributed by atoms with E-state index in [2.05, 4.69) is 0 Å². The molecule has 1 heterocycles. The molecule has 1 saturated carbocycles. The number of anilines is 1. The second-order valence-electron chi connectivity index (χ2n) is 6.12. The first-order valence-electron chi connectivity index (χ1n) is 7.35. The van der Waals surface area contributed by atoms with Crippen LogP contribution in [0, 0.1) is 5.82 Å². The van der Waals surface area contributed by atoms with E-state index in [9.17, 15) is 12.8 Å². The first-order chi connectivity index (χ1) is 9.91. The minimum Gasteiger partial charge on any atom is -0.399 e. The molecular formula is C15H20FNO3S. The van der Waals surface area contributed by atoms with E-state index in [0.29, 0.717) is 19.4 Å². The third kappa shape index (κ3) is 2.79. The molecule has 1 aromatic rings. The fourth-order valence-corrected chi connectivity index (χ4v) is 5.45. The zero-order valence-electron chi connectivity index (χ0n) is 11.8. The zero-order valence-corrected chi connectivity index (χ0v) is 12.7. The Morgan fingerprint density at radius 2 is 1.95 bits per heavy atom. The van der Waals surface area contributed by atoms with Crippen LogP contribution in [0.15, 0.2) is 23.1 Å². The molecule has 1 unspecified atom stereocenters. The zero-order chi connectivity index (χ0) is 15.1. The maximum Gasteiger partial charge on any atom is 0.181 e. The van der Waals surface area contributed by atoms with Crippen molar-refractivity contribution in [1.29, 1.82) is 0 Å². The molecule has 1 aliphatic heterocycles. The maximum atomic E-state index is 13.5. The molecule has 2 aliphatic rings. The Kier molecular flexibility index (Phi) is 3.69. The minimum absolute atomic E-state index is 0.0138. The number of halogens is 1. The normalized spacial score (nSPS) is 25.3. The molecule has 21 heavy (non-hydrogen) atoms. The molecule has 1 atom stereocenters. The van der Waals surface area contributed by atoms with Gasteiger partial charge in [-0.15, -0.1) is 0 Å². The summed E-state index contributed by atoms with van der Waals surface area (Å²) in [4.78, 5) is -0.0138. The predicted molar refractivity (Wildman–Crippen MR) is 78.2 cm³/mol. The summed E-state index contributed by atoms with van der Waals surface area (Å²) in [5.41, 5.74) is 5.42. The topological polar surface area (TPSA) is 69.4 Å². The van der Waals surface area contributed by atoms with E-state index < -0.39 is 20.9 Å². The average molecular weight is 313 g/mol. The number of sulfone groups is 1. The van der Waals surface area contributed by atoms with Crippen molar-refractivity contribution in [2.24, 2.45) is 0 Å². The van der Waals surface area contributed by atoms with Gasteiger partial charge in [0.15, 0.2) is 9.84 Å². The summed E-state index contributed by atoms with van der Waals surface area (Å²) in [5.74, 6) is -0.615. The molecule has 0 amide bonds. The fourth-order valence-electron chi connectivity index (χ4n) is 3.56. The fraction of sp³-hybridized carbons (Fsp3) is 0.600. The molecule has 0 radical (unpaired) electrons. The van der Waals surface area contributed by atoms with Crippen LogP contribution in [0.25, 0.3) is 0 Å². The highest BCUT2D eigenvalue weighted by Crippen LogP contribution is 2.42. The van der Waals surface area contributed by atoms with E-state index in [1.54, 1.807) is 0 Å². The highest BCUT2D eigenvalue weighted by atomic mass is 32.2. The van der Waals surface area contributed by atoms with Crippen molar-refractivity contribution in [2.75, 3.05) is 12.3 Å². The van der Waals surface area contributed by atoms with Gasteiger partial charge < -0.3 is 10.5 Å². The Morgan fingerprint density at radius 3 is 2.62 bits per heavy atom. The number of hydrogen-bond acceptors (Lipinski definition) is 4. The third-order valence-electron chi connectivity index (χ3n) is 4.62. The summed E-state index contributed by atoms with van der Waals surface area (Å²) in [6, 6.07) is 3.53. The molecule has 1 saturated heterocycles. The van der Waals surface area contributed by atoms with Gasteiger partial charge in [-0.05, 0) is 43.9 Å². The van der Waals surface area contributed by atoms with Crippen molar-refractivity contribution < 1.29 is 17.5 Å². The number of rotatable bonds is 2. The first kappa shape index (κ1) is 14.8. The summed E-state index contributed by atoms with van der Waals surface area (Å²) in [6.45, 7) is 0.453. The molecule has 1 aliphatic carbocycles. The third-order valence-corrected chi connectivity index (χ3v) is 6.80. The lowest BCUT2D eigenvalue weighted by Crippen LogP contribution is -2.42. The molecule has 1 aromatic carbocycles. The lowest BCUT2D eigenvalue weighted by Gasteiger charge is -2.38. The van der Waals surface area contributed by atoms with Gasteiger partial charge in [0.2, 0.25) is 0 Å². The van der Waals surface area contributed by atoms with Crippen molar-refractivity contribution in [3.05, 3.63) is 24.0 Å². The molecule has 1 spiro atoms. The first-order valence-corrected chi connectivity index (χ1v) is 8.90. The van der Waals surface area contributed by atoms with Gasteiger partial charge in [-0.3, -0.25) is 0 Å². The molecule has 3 rings (SSSR count). The number of hydrogen-bond donors (Lipinski definition) is 1. The van der Waals surface area contributed by atoms with E-state index in [1.807, 2.05) is 0 Å². The van der Waals surface area contributed by atoms with Gasteiger partial charge in [-0.2, -0.15) is 0 Å². The average Bonchev–Trinajstić information content (AvgIpc) is 2.85. The van der Waals surface area contributed by atoms with Crippen LogP contribution in [-0.4, -0.2) is 25.9 Å². The summed E-state index contributed by atoms with van der Waals surface area (Å²) >= 11 is 0. The van der Waals surface area contributed by atoms with Crippen molar-refractivity contribution in [1.82, 2.24) is 0 Å². The van der Waals surface area contributed by atoms with Gasteiger partial charge in [-0.1, -0.05) is 12.8 Å². The smallest absolute Gasteiger partial charge is 0.181 e. The summed E-state index contributed by atoms with van der Waals surface area (Å²) in [6.07, 6.45) is 4.97. The molecule has 0 aromatic heterocycles. The van der Waals surface area contributed by atoms with Crippen molar-refractivity contribution in [2.45, 2.75) is 54.3 Å². The van der Waals surface area contributed by atoms with Gasteiger partial charge in [0.25, 0.3) is 0 Å². The highest BCUT2D eigenvalue weighted by Gasteiger charge is 2.44. The molecule has 4 nitrogen and oxygen atoms in total. The summed E-state index contributed by atoms with van der Waals surface area (Å²) in [5, 5.41) is -0.509. The lowest BCUT2D eigenvalue weighted by molar-refractivity contribution is -0.0713. The summed E-state index contributed by atoms with van der Waals surface area (Å²) in [7, 11) is -3.57. The van der Waals surface area contributed by atoms with Crippen molar-refractivity contribution >= 4 is 15.5 Å². The van der Waals surface area contributed by atoms with Gasteiger partial charge in [0.1, 0.15) is 5.82 Å². The Balaban J connectivity index is 1.90. The standard InChI is InChI=1S/C15H20FNO3S/c16-11-7-12(17)9-14(8-11)21(18,19)13-3-6-20-15(10-13)4-1-2-5-15/h7-9,13H,1-6,10,17H2. The quantitative estimate of drug-likeness (QED) is 0.852. The van der Waals surface area contributed by atoms with Crippen LogP contribution in [-0.2, 0) is 14.6 Å². The second-order valence-corrected chi connectivity index (χ2v) is 8.35. The Bertz CT molecular complexity index is 618. The van der Waals surface area contributed by atoms with E-state index >= 15 is 0 Å². The maximum absolute atomic E-state index is 13.5.